The lowest BCUT2D eigenvalue weighted by Gasteiger charge is -2.21. The molecule has 2 aromatic heterocycles. The van der Waals surface area contributed by atoms with Gasteiger partial charge in [-0.1, -0.05) is 54.6 Å². The van der Waals surface area contributed by atoms with Crippen LogP contribution in [-0.2, 0) is 36.1 Å². The second-order valence-corrected chi connectivity index (χ2v) is 9.82. The maximum absolute atomic E-state index is 12.7. The minimum Gasteiger partial charge on any atom is -0.291 e. The molecule has 0 aliphatic heterocycles. The Morgan fingerprint density at radius 2 is 1.26 bits per heavy atom. The summed E-state index contributed by atoms with van der Waals surface area (Å²) in [6.45, 7) is 2.49. The second kappa shape index (κ2) is 11.7. The van der Waals surface area contributed by atoms with Crippen LogP contribution in [0.2, 0.25) is 0 Å². The van der Waals surface area contributed by atoms with E-state index in [-0.39, 0.29) is 11.4 Å². The van der Waals surface area contributed by atoms with E-state index in [1.54, 1.807) is 24.5 Å². The molecule has 0 saturated heterocycles. The molecule has 7 heteroatoms. The molecule has 0 atom stereocenters. The Balaban J connectivity index is 1.38. The lowest BCUT2D eigenvalue weighted by atomic mass is 10.1. The van der Waals surface area contributed by atoms with E-state index < -0.39 is 10.0 Å². The number of rotatable bonds is 11. The summed E-state index contributed by atoms with van der Waals surface area (Å²) in [6.07, 6.45) is 4.40. The molecule has 4 aromatic rings. The summed E-state index contributed by atoms with van der Waals surface area (Å²) in [7, 11) is -3.56. The molecule has 0 spiro atoms. The van der Waals surface area contributed by atoms with Crippen LogP contribution in [0, 0.1) is 0 Å². The number of aromatic nitrogens is 2. The van der Waals surface area contributed by atoms with E-state index in [2.05, 4.69) is 19.6 Å². The highest BCUT2D eigenvalue weighted by molar-refractivity contribution is 7.89. The fourth-order valence-corrected chi connectivity index (χ4v) is 4.65. The molecule has 2 aromatic carbocycles. The van der Waals surface area contributed by atoms with E-state index >= 15 is 0 Å². The summed E-state index contributed by atoms with van der Waals surface area (Å²) in [5.74, 6) is 0. The smallest absolute Gasteiger partial charge is 0.240 e. The Hall–Kier alpha value is -3.39. The third kappa shape index (κ3) is 7.05. The molecule has 1 N–H and O–H groups in total. The summed E-state index contributed by atoms with van der Waals surface area (Å²) < 4.78 is 28.0. The number of benzene rings is 2. The lowest BCUT2D eigenvalue weighted by Crippen LogP contribution is -2.26. The Morgan fingerprint density at radius 1 is 0.676 bits per heavy atom. The number of nitrogens with one attached hydrogen (secondary N) is 1. The highest BCUT2D eigenvalue weighted by Gasteiger charge is 2.14. The van der Waals surface area contributed by atoms with Gasteiger partial charge in [-0.05, 0) is 53.9 Å². The van der Waals surface area contributed by atoms with Crippen molar-refractivity contribution in [1.29, 1.82) is 0 Å². The van der Waals surface area contributed by atoms with Crippen molar-refractivity contribution in [2.24, 2.45) is 0 Å². The molecular formula is C27H28N4O2S. The van der Waals surface area contributed by atoms with Crippen molar-refractivity contribution in [2.75, 3.05) is 6.54 Å². The van der Waals surface area contributed by atoms with E-state index in [0.717, 1.165) is 35.5 Å². The van der Waals surface area contributed by atoms with Gasteiger partial charge in [-0.15, -0.1) is 0 Å². The average molecular weight is 473 g/mol. The maximum Gasteiger partial charge on any atom is 0.240 e. The van der Waals surface area contributed by atoms with E-state index in [9.17, 15) is 8.42 Å². The molecule has 0 fully saturated rings. The summed E-state index contributed by atoms with van der Waals surface area (Å²) in [5.41, 5.74) is 4.01. The molecule has 0 amide bonds. The van der Waals surface area contributed by atoms with Gasteiger partial charge < -0.3 is 0 Å². The Morgan fingerprint density at radius 3 is 1.82 bits per heavy atom. The molecule has 4 rings (SSSR count). The first-order valence-electron chi connectivity index (χ1n) is 11.2. The standard InChI is InChI=1S/C27H28N4O2S/c32-34(33,30-20-24-8-2-1-3-9-24)27-14-12-23(13-15-27)16-19-31(21-25-10-4-6-17-28-25)22-26-11-5-7-18-29-26/h1-15,17-18,30H,16,19-22H2. The molecule has 2 heterocycles. The van der Waals surface area contributed by atoms with Crippen molar-refractivity contribution in [3.8, 4) is 0 Å². The van der Waals surface area contributed by atoms with Gasteiger partial charge in [-0.25, -0.2) is 13.1 Å². The summed E-state index contributed by atoms with van der Waals surface area (Å²) in [5, 5.41) is 0. The van der Waals surface area contributed by atoms with Crippen molar-refractivity contribution < 1.29 is 8.42 Å². The lowest BCUT2D eigenvalue weighted by molar-refractivity contribution is 0.254. The van der Waals surface area contributed by atoms with Gasteiger partial charge in [0.1, 0.15) is 0 Å². The van der Waals surface area contributed by atoms with Crippen molar-refractivity contribution in [3.63, 3.8) is 0 Å². The van der Waals surface area contributed by atoms with Crippen molar-refractivity contribution >= 4 is 10.0 Å². The van der Waals surface area contributed by atoms with Crippen LogP contribution >= 0.6 is 0 Å². The van der Waals surface area contributed by atoms with Crippen LogP contribution < -0.4 is 4.72 Å². The van der Waals surface area contributed by atoms with Gasteiger partial charge in [0, 0.05) is 38.6 Å². The SMILES string of the molecule is O=S(=O)(NCc1ccccc1)c1ccc(CCN(Cc2ccccn2)Cc2ccccn2)cc1. The molecule has 0 aliphatic rings. The maximum atomic E-state index is 12.7. The third-order valence-electron chi connectivity index (χ3n) is 5.48. The van der Waals surface area contributed by atoms with Gasteiger partial charge >= 0.3 is 0 Å². The summed E-state index contributed by atoms with van der Waals surface area (Å²) in [6, 6.07) is 28.5. The second-order valence-electron chi connectivity index (χ2n) is 8.06. The normalized spacial score (nSPS) is 11.6. The van der Waals surface area contributed by atoms with Gasteiger partial charge in [0.2, 0.25) is 10.0 Å². The summed E-state index contributed by atoms with van der Waals surface area (Å²) >= 11 is 0. The average Bonchev–Trinajstić information content (AvgIpc) is 2.88. The number of hydrogen-bond acceptors (Lipinski definition) is 5. The number of pyridine rings is 2. The van der Waals surface area contributed by atoms with E-state index in [4.69, 9.17) is 0 Å². The van der Waals surface area contributed by atoms with Gasteiger partial charge in [0.15, 0.2) is 0 Å². The molecule has 6 nitrogen and oxygen atoms in total. The van der Waals surface area contributed by atoms with Crippen LogP contribution in [0.4, 0.5) is 0 Å². The predicted octanol–water partition coefficient (Wildman–Crippen LogP) is 4.20. The van der Waals surface area contributed by atoms with Crippen LogP contribution in [-0.4, -0.2) is 29.8 Å². The Bertz CT molecular complexity index is 1210. The highest BCUT2D eigenvalue weighted by Crippen LogP contribution is 2.14. The van der Waals surface area contributed by atoms with Gasteiger partial charge in [0.05, 0.1) is 16.3 Å². The molecule has 0 aliphatic carbocycles. The van der Waals surface area contributed by atoms with E-state index in [1.165, 1.54) is 0 Å². The van der Waals surface area contributed by atoms with E-state index in [0.29, 0.717) is 13.1 Å². The molecular weight excluding hydrogens is 444 g/mol. The zero-order valence-electron chi connectivity index (χ0n) is 18.9. The largest absolute Gasteiger partial charge is 0.291 e. The quantitative estimate of drug-likeness (QED) is 0.354. The molecule has 0 unspecified atom stereocenters. The molecule has 34 heavy (non-hydrogen) atoms. The minimum absolute atomic E-state index is 0.265. The first-order chi connectivity index (χ1) is 16.6. The Kier molecular flexibility index (Phi) is 8.14. The topological polar surface area (TPSA) is 75.2 Å². The minimum atomic E-state index is -3.56. The van der Waals surface area contributed by atoms with Crippen LogP contribution in [0.15, 0.2) is 108 Å². The van der Waals surface area contributed by atoms with Crippen LogP contribution in [0.3, 0.4) is 0 Å². The molecule has 0 saturated carbocycles. The van der Waals surface area contributed by atoms with Crippen LogP contribution in [0.1, 0.15) is 22.5 Å². The number of hydrogen-bond donors (Lipinski definition) is 1. The number of sulfonamides is 1. The fourth-order valence-electron chi connectivity index (χ4n) is 3.64. The summed E-state index contributed by atoms with van der Waals surface area (Å²) in [4.78, 5) is 11.5. The molecule has 0 radical (unpaired) electrons. The predicted molar refractivity (Wildman–Crippen MR) is 133 cm³/mol. The van der Waals surface area contributed by atoms with Gasteiger partial charge in [-0.2, -0.15) is 0 Å². The highest BCUT2D eigenvalue weighted by atomic mass is 32.2. The van der Waals surface area contributed by atoms with Crippen LogP contribution in [0.25, 0.3) is 0 Å². The first kappa shape index (κ1) is 23.8. The van der Waals surface area contributed by atoms with Gasteiger partial charge in [-0.3, -0.25) is 14.9 Å². The molecule has 174 valence electrons. The van der Waals surface area contributed by atoms with Crippen molar-refractivity contribution in [3.05, 3.63) is 126 Å². The molecule has 0 bridgehead atoms. The van der Waals surface area contributed by atoms with Crippen molar-refractivity contribution in [2.45, 2.75) is 31.0 Å². The van der Waals surface area contributed by atoms with Crippen molar-refractivity contribution in [1.82, 2.24) is 19.6 Å². The van der Waals surface area contributed by atoms with Gasteiger partial charge in [0.25, 0.3) is 0 Å². The van der Waals surface area contributed by atoms with Crippen LogP contribution in [0.5, 0.6) is 0 Å². The zero-order chi connectivity index (χ0) is 23.6. The number of nitrogens with zero attached hydrogens (tertiary/aromatic N) is 3. The first-order valence-corrected chi connectivity index (χ1v) is 12.7. The fraction of sp³-hybridized carbons (Fsp3) is 0.185. The zero-order valence-corrected chi connectivity index (χ0v) is 19.7. The van der Waals surface area contributed by atoms with E-state index in [1.807, 2.05) is 78.9 Å². The Labute approximate surface area is 201 Å². The monoisotopic (exact) mass is 472 g/mol. The third-order valence-corrected chi connectivity index (χ3v) is 6.90.